The van der Waals surface area contributed by atoms with Crippen LogP contribution in [0.3, 0.4) is 0 Å². The van der Waals surface area contributed by atoms with Crippen molar-refractivity contribution >= 4 is 29.3 Å². The van der Waals surface area contributed by atoms with Crippen molar-refractivity contribution in [3.63, 3.8) is 0 Å². The van der Waals surface area contributed by atoms with Gasteiger partial charge in [-0.25, -0.2) is 4.39 Å². The first-order chi connectivity index (χ1) is 19.3. The van der Waals surface area contributed by atoms with E-state index in [9.17, 15) is 23.6 Å². The van der Waals surface area contributed by atoms with Crippen LogP contribution in [-0.4, -0.2) is 83.6 Å². The Balaban J connectivity index is 1.48. The number of rotatable bonds is 13. The predicted molar refractivity (Wildman–Crippen MR) is 143 cm³/mol. The number of aromatic nitrogens is 3. The highest BCUT2D eigenvalue weighted by Crippen LogP contribution is 2.39. The zero-order chi connectivity index (χ0) is 28.6. The summed E-state index contributed by atoms with van der Waals surface area (Å²) in [7, 11) is 0. The second-order valence-electron chi connectivity index (χ2n) is 10.1. The van der Waals surface area contributed by atoms with Gasteiger partial charge in [0, 0.05) is 19.4 Å². The number of aryl methyl sites for hydroxylation is 1. The third-order valence-corrected chi connectivity index (χ3v) is 7.44. The van der Waals surface area contributed by atoms with E-state index in [-0.39, 0.29) is 30.9 Å². The maximum atomic E-state index is 13.9. The first-order valence-electron chi connectivity index (χ1n) is 13.6. The number of anilines is 1. The molecule has 0 saturated carbocycles. The average Bonchev–Trinajstić information content (AvgIpc) is 3.58. The monoisotopic (exact) mass is 557 g/mol. The number of benzene rings is 1. The van der Waals surface area contributed by atoms with Gasteiger partial charge in [-0.2, -0.15) is 15.4 Å². The summed E-state index contributed by atoms with van der Waals surface area (Å²) in [5.41, 5.74) is 3.30. The third-order valence-electron chi connectivity index (χ3n) is 7.44. The fourth-order valence-corrected chi connectivity index (χ4v) is 5.15. The molecule has 4 amide bonds. The van der Waals surface area contributed by atoms with E-state index < -0.39 is 36.6 Å². The molecule has 0 bridgehead atoms. The van der Waals surface area contributed by atoms with Crippen molar-refractivity contribution in [2.45, 2.75) is 64.1 Å². The first kappa shape index (κ1) is 29.1. The molecule has 2 aromatic rings. The highest BCUT2D eigenvalue weighted by atomic mass is 19.1. The summed E-state index contributed by atoms with van der Waals surface area (Å²) in [5.74, 6) is -1.92. The molecule has 12 nitrogen and oxygen atoms in total. The molecule has 0 radical (unpaired) electrons. The molecular weight excluding hydrogens is 521 g/mol. The summed E-state index contributed by atoms with van der Waals surface area (Å²) in [6.45, 7) is 2.75. The Morgan fingerprint density at radius 3 is 2.80 bits per heavy atom. The second kappa shape index (κ2) is 13.5. The summed E-state index contributed by atoms with van der Waals surface area (Å²) in [6, 6.07) is 3.22. The molecule has 0 spiro atoms. The number of nitrogens with zero attached hydrogens (tertiary/aromatic N) is 3. The van der Waals surface area contributed by atoms with Gasteiger partial charge in [0.1, 0.15) is 31.4 Å². The van der Waals surface area contributed by atoms with E-state index in [0.29, 0.717) is 44.3 Å². The fraction of sp³-hybridized carbons (Fsp3) is 0.556. The minimum Gasteiger partial charge on any atom is -0.369 e. The summed E-state index contributed by atoms with van der Waals surface area (Å²) in [6.07, 6.45) is 3.92. The summed E-state index contributed by atoms with van der Waals surface area (Å²) >= 11 is 0. The molecule has 2 aliphatic rings. The molecule has 4 atom stereocenters. The Kier molecular flexibility index (Phi) is 9.80. The number of alkyl halides is 1. The Morgan fingerprint density at radius 2 is 2.08 bits per heavy atom. The zero-order valence-electron chi connectivity index (χ0n) is 22.7. The molecule has 2 aliphatic heterocycles. The van der Waals surface area contributed by atoms with Crippen molar-refractivity contribution in [2.24, 2.45) is 5.92 Å². The van der Waals surface area contributed by atoms with Gasteiger partial charge in [-0.1, -0.05) is 38.5 Å². The SMILES string of the molecule is CC[C@H](C)[C@H](NC(=O)COCCF)C(=O)N[C@H]1CCc2cccc3c2N(C1=O)[C@H](C(=O)NCCc1cn[nH]n1)C3. The van der Waals surface area contributed by atoms with Gasteiger partial charge >= 0.3 is 0 Å². The molecule has 216 valence electrons. The van der Waals surface area contributed by atoms with Crippen LogP contribution in [-0.2, 0) is 43.2 Å². The molecule has 40 heavy (non-hydrogen) atoms. The van der Waals surface area contributed by atoms with Gasteiger partial charge in [0.15, 0.2) is 0 Å². The van der Waals surface area contributed by atoms with Gasteiger partial charge in [-0.05, 0) is 29.9 Å². The Hall–Kier alpha value is -3.87. The lowest BCUT2D eigenvalue weighted by atomic mass is 9.97. The van der Waals surface area contributed by atoms with E-state index in [1.54, 1.807) is 6.20 Å². The summed E-state index contributed by atoms with van der Waals surface area (Å²) < 4.78 is 17.3. The molecule has 4 N–H and O–H groups in total. The van der Waals surface area contributed by atoms with Crippen LogP contribution in [0.25, 0.3) is 0 Å². The molecule has 0 aliphatic carbocycles. The van der Waals surface area contributed by atoms with E-state index in [1.165, 1.54) is 4.90 Å². The second-order valence-corrected chi connectivity index (χ2v) is 10.1. The topological polar surface area (TPSA) is 158 Å². The van der Waals surface area contributed by atoms with Crippen molar-refractivity contribution in [1.29, 1.82) is 0 Å². The predicted octanol–water partition coefficient (Wildman–Crippen LogP) is 0.369. The van der Waals surface area contributed by atoms with Crippen LogP contribution in [0.5, 0.6) is 0 Å². The van der Waals surface area contributed by atoms with Crippen molar-refractivity contribution in [3.05, 3.63) is 41.2 Å². The maximum absolute atomic E-state index is 13.9. The molecule has 0 saturated heterocycles. The summed E-state index contributed by atoms with van der Waals surface area (Å²) in [5, 5.41) is 18.7. The van der Waals surface area contributed by atoms with E-state index in [1.807, 2.05) is 32.0 Å². The standard InChI is InChI=1S/C27H36FN7O5/c1-3-16(2)23(32-22(36)15-40-12-10-28)26(38)31-20-8-7-17-5-4-6-18-13-21(35(24(17)18)27(20)39)25(37)29-11-9-19-14-30-34-33-19/h4-6,14,16,20-21,23H,3,7-13,15H2,1-2H3,(H,29,37)(H,31,38)(H,32,36)(H,30,33,34)/t16-,20-,21-,23-/m0/s1. The van der Waals surface area contributed by atoms with Crippen LogP contribution in [0.15, 0.2) is 24.4 Å². The lowest BCUT2D eigenvalue weighted by Gasteiger charge is -2.30. The number of hydrogen-bond acceptors (Lipinski definition) is 7. The lowest BCUT2D eigenvalue weighted by molar-refractivity contribution is -0.134. The number of aromatic amines is 1. The van der Waals surface area contributed by atoms with Gasteiger partial charge in [0.2, 0.25) is 23.6 Å². The highest BCUT2D eigenvalue weighted by molar-refractivity contribution is 6.08. The van der Waals surface area contributed by atoms with E-state index in [4.69, 9.17) is 4.74 Å². The van der Waals surface area contributed by atoms with E-state index >= 15 is 0 Å². The molecule has 13 heteroatoms. The Bertz CT molecular complexity index is 1210. The summed E-state index contributed by atoms with van der Waals surface area (Å²) in [4.78, 5) is 54.4. The van der Waals surface area contributed by atoms with Crippen LogP contribution >= 0.6 is 0 Å². The number of H-pyrrole nitrogens is 1. The van der Waals surface area contributed by atoms with Gasteiger partial charge in [0.05, 0.1) is 24.2 Å². The minimum atomic E-state index is -0.908. The van der Waals surface area contributed by atoms with Gasteiger partial charge in [0.25, 0.3) is 0 Å². The number of carbonyl (C=O) groups is 4. The highest BCUT2D eigenvalue weighted by Gasteiger charge is 2.44. The fourth-order valence-electron chi connectivity index (χ4n) is 5.15. The Labute approximate surface area is 231 Å². The van der Waals surface area contributed by atoms with Crippen LogP contribution < -0.4 is 20.9 Å². The number of carbonyl (C=O) groups excluding carboxylic acids is 4. The van der Waals surface area contributed by atoms with Crippen LogP contribution in [0, 0.1) is 5.92 Å². The largest absolute Gasteiger partial charge is 0.369 e. The molecule has 1 aromatic carbocycles. The quantitative estimate of drug-likeness (QED) is 0.259. The number of amides is 4. The molecule has 0 unspecified atom stereocenters. The van der Waals surface area contributed by atoms with Gasteiger partial charge < -0.3 is 20.7 Å². The zero-order valence-corrected chi connectivity index (χ0v) is 22.7. The number of ether oxygens (including phenoxy) is 1. The maximum Gasteiger partial charge on any atom is 0.250 e. The molecule has 3 heterocycles. The number of halogens is 1. The number of hydrogen-bond donors (Lipinski definition) is 4. The van der Waals surface area contributed by atoms with Crippen LogP contribution in [0.2, 0.25) is 0 Å². The van der Waals surface area contributed by atoms with Crippen molar-refractivity contribution in [2.75, 3.05) is 31.3 Å². The smallest absolute Gasteiger partial charge is 0.250 e. The minimum absolute atomic E-state index is 0.211. The normalized spacial score (nSPS) is 19.4. The molecule has 1 aromatic heterocycles. The molecule has 0 fully saturated rings. The Morgan fingerprint density at radius 1 is 1.27 bits per heavy atom. The first-order valence-corrected chi connectivity index (χ1v) is 13.6. The number of nitrogens with one attached hydrogen (secondary N) is 4. The lowest BCUT2D eigenvalue weighted by Crippen LogP contribution is -2.58. The van der Waals surface area contributed by atoms with Crippen molar-refractivity contribution in [1.82, 2.24) is 31.4 Å². The van der Waals surface area contributed by atoms with Gasteiger partial charge in [-0.3, -0.25) is 24.1 Å². The van der Waals surface area contributed by atoms with Crippen molar-refractivity contribution in [3.8, 4) is 0 Å². The van der Waals surface area contributed by atoms with Crippen LogP contribution in [0.4, 0.5) is 10.1 Å². The number of para-hydroxylation sites is 1. The average molecular weight is 558 g/mol. The van der Waals surface area contributed by atoms with Crippen LogP contribution in [0.1, 0.15) is 43.5 Å². The van der Waals surface area contributed by atoms with Crippen molar-refractivity contribution < 1.29 is 28.3 Å². The van der Waals surface area contributed by atoms with E-state index in [2.05, 4.69) is 31.4 Å². The molecule has 4 rings (SSSR count). The third kappa shape index (κ3) is 6.64. The molecular formula is C27H36FN7O5. The van der Waals surface area contributed by atoms with E-state index in [0.717, 1.165) is 16.8 Å². The van der Waals surface area contributed by atoms with Gasteiger partial charge in [-0.15, -0.1) is 0 Å².